The molecule has 0 spiro atoms. The second-order valence-electron chi connectivity index (χ2n) is 3.81. The zero-order chi connectivity index (χ0) is 11.8. The summed E-state index contributed by atoms with van der Waals surface area (Å²) in [4.78, 5) is 4.14. The number of hydrogen-bond donors (Lipinski definition) is 2. The van der Waals surface area contributed by atoms with E-state index in [1.54, 1.807) is 12.4 Å². The van der Waals surface area contributed by atoms with E-state index in [4.69, 9.17) is 15.9 Å². The lowest BCUT2D eigenvalue weighted by Gasteiger charge is -2.02. The number of aromatic nitrogens is 1. The fourth-order valence-corrected chi connectivity index (χ4v) is 1.93. The van der Waals surface area contributed by atoms with Crippen molar-refractivity contribution in [3.8, 4) is 11.1 Å². The molecule has 4 N–H and O–H groups in total. The topological polar surface area (TPSA) is 78.1 Å². The first kappa shape index (κ1) is 9.72. The molecule has 3 rings (SSSR count). The molecular weight excluding hydrogens is 214 g/mol. The van der Waals surface area contributed by atoms with E-state index in [0.29, 0.717) is 11.3 Å². The number of fused-ring (bicyclic) bond motifs is 1. The van der Waals surface area contributed by atoms with E-state index in [2.05, 4.69) is 4.98 Å². The number of nitrogen functional groups attached to an aromatic ring is 2. The monoisotopic (exact) mass is 225 g/mol. The third kappa shape index (κ3) is 1.42. The van der Waals surface area contributed by atoms with Gasteiger partial charge in [-0.2, -0.15) is 0 Å². The van der Waals surface area contributed by atoms with Gasteiger partial charge in [0.15, 0.2) is 5.58 Å². The lowest BCUT2D eigenvalue weighted by molar-refractivity contribution is 0.637. The molecule has 0 saturated heterocycles. The van der Waals surface area contributed by atoms with Crippen molar-refractivity contribution in [2.75, 3.05) is 11.5 Å². The van der Waals surface area contributed by atoms with Gasteiger partial charge >= 0.3 is 0 Å². The van der Waals surface area contributed by atoms with Crippen molar-refractivity contribution in [1.29, 1.82) is 0 Å². The van der Waals surface area contributed by atoms with Gasteiger partial charge in [-0.25, -0.2) is 0 Å². The number of nitrogens with two attached hydrogens (primary N) is 2. The Labute approximate surface area is 97.9 Å². The van der Waals surface area contributed by atoms with E-state index in [1.165, 1.54) is 0 Å². The second-order valence-corrected chi connectivity index (χ2v) is 3.81. The predicted octanol–water partition coefficient (Wildman–Crippen LogP) is 2.66. The summed E-state index contributed by atoms with van der Waals surface area (Å²) in [6, 6.07) is 9.89. The molecule has 84 valence electrons. The Bertz CT molecular complexity index is 674. The highest BCUT2D eigenvalue weighted by Crippen LogP contribution is 2.36. The molecule has 0 unspecified atom stereocenters. The smallest absolute Gasteiger partial charge is 0.214 e. The predicted molar refractivity (Wildman–Crippen MR) is 68.3 cm³/mol. The van der Waals surface area contributed by atoms with Gasteiger partial charge in [-0.3, -0.25) is 4.98 Å². The SMILES string of the molecule is Nc1oc2cncc(-c3ccccc3)c2c1N. The number of nitrogens with zero attached hydrogens (tertiary/aromatic N) is 1. The first-order valence-corrected chi connectivity index (χ1v) is 5.24. The summed E-state index contributed by atoms with van der Waals surface area (Å²) in [7, 11) is 0. The zero-order valence-electron chi connectivity index (χ0n) is 9.05. The van der Waals surface area contributed by atoms with E-state index >= 15 is 0 Å². The Morgan fingerprint density at radius 1 is 1.00 bits per heavy atom. The fourth-order valence-electron chi connectivity index (χ4n) is 1.93. The molecule has 17 heavy (non-hydrogen) atoms. The number of benzene rings is 1. The summed E-state index contributed by atoms with van der Waals surface area (Å²) in [5.74, 6) is 0.241. The first-order valence-electron chi connectivity index (χ1n) is 5.24. The molecule has 3 aromatic rings. The van der Waals surface area contributed by atoms with Crippen LogP contribution in [0.25, 0.3) is 22.1 Å². The minimum Gasteiger partial charge on any atom is -0.437 e. The van der Waals surface area contributed by atoms with Crippen LogP contribution in [-0.2, 0) is 0 Å². The summed E-state index contributed by atoms with van der Waals surface area (Å²) < 4.78 is 5.35. The van der Waals surface area contributed by atoms with Crippen molar-refractivity contribution >= 4 is 22.5 Å². The highest BCUT2D eigenvalue weighted by atomic mass is 16.3. The maximum Gasteiger partial charge on any atom is 0.214 e. The molecule has 0 bridgehead atoms. The molecule has 2 aromatic heterocycles. The lowest BCUT2D eigenvalue weighted by Crippen LogP contribution is -1.90. The van der Waals surface area contributed by atoms with Gasteiger partial charge in [0, 0.05) is 11.8 Å². The van der Waals surface area contributed by atoms with Crippen LogP contribution < -0.4 is 11.5 Å². The summed E-state index contributed by atoms with van der Waals surface area (Å²) in [5, 5.41) is 0.823. The van der Waals surface area contributed by atoms with Crippen LogP contribution in [0.15, 0.2) is 47.1 Å². The van der Waals surface area contributed by atoms with Crippen molar-refractivity contribution in [3.63, 3.8) is 0 Å². The quantitative estimate of drug-likeness (QED) is 0.667. The number of hydrogen-bond acceptors (Lipinski definition) is 4. The van der Waals surface area contributed by atoms with E-state index in [0.717, 1.165) is 16.5 Å². The summed E-state index contributed by atoms with van der Waals surface area (Å²) >= 11 is 0. The molecule has 0 atom stereocenters. The summed E-state index contributed by atoms with van der Waals surface area (Å²) in [6.45, 7) is 0. The Morgan fingerprint density at radius 3 is 2.53 bits per heavy atom. The summed E-state index contributed by atoms with van der Waals surface area (Å²) in [6.07, 6.45) is 3.39. The first-order chi connectivity index (χ1) is 8.27. The van der Waals surface area contributed by atoms with Crippen LogP contribution in [0, 0.1) is 0 Å². The average molecular weight is 225 g/mol. The normalized spacial score (nSPS) is 10.8. The standard InChI is InChI=1S/C13H11N3O/c14-12-11-9(8-4-2-1-3-5-8)6-16-7-10(11)17-13(12)15/h1-7H,14-15H2. The van der Waals surface area contributed by atoms with Crippen molar-refractivity contribution in [1.82, 2.24) is 4.98 Å². The lowest BCUT2D eigenvalue weighted by atomic mass is 10.0. The third-order valence-corrected chi connectivity index (χ3v) is 2.75. The number of rotatable bonds is 1. The van der Waals surface area contributed by atoms with Crippen LogP contribution in [0.3, 0.4) is 0 Å². The third-order valence-electron chi connectivity index (χ3n) is 2.75. The van der Waals surface area contributed by atoms with E-state index in [9.17, 15) is 0 Å². The molecule has 0 amide bonds. The van der Waals surface area contributed by atoms with Crippen molar-refractivity contribution in [2.45, 2.75) is 0 Å². The van der Waals surface area contributed by atoms with E-state index in [1.807, 2.05) is 30.3 Å². The van der Waals surface area contributed by atoms with Crippen molar-refractivity contribution in [2.24, 2.45) is 0 Å². The Hall–Kier alpha value is -2.49. The maximum absolute atomic E-state index is 5.93. The van der Waals surface area contributed by atoms with Crippen LogP contribution in [0.2, 0.25) is 0 Å². The Balaban J connectivity index is 2.37. The molecule has 2 heterocycles. The highest BCUT2D eigenvalue weighted by molar-refractivity contribution is 6.04. The minimum atomic E-state index is 0.241. The van der Waals surface area contributed by atoms with Gasteiger partial charge in [0.25, 0.3) is 0 Å². The van der Waals surface area contributed by atoms with Crippen molar-refractivity contribution < 1.29 is 4.42 Å². The average Bonchev–Trinajstić information content (AvgIpc) is 2.66. The highest BCUT2D eigenvalue weighted by Gasteiger charge is 2.13. The molecule has 0 fully saturated rings. The van der Waals surface area contributed by atoms with Crippen molar-refractivity contribution in [3.05, 3.63) is 42.7 Å². The van der Waals surface area contributed by atoms with Gasteiger partial charge in [0.2, 0.25) is 5.88 Å². The van der Waals surface area contributed by atoms with Gasteiger partial charge in [-0.1, -0.05) is 30.3 Å². The largest absolute Gasteiger partial charge is 0.437 e. The minimum absolute atomic E-state index is 0.241. The molecule has 1 aromatic carbocycles. The number of furan rings is 1. The van der Waals surface area contributed by atoms with E-state index in [-0.39, 0.29) is 5.88 Å². The molecule has 0 saturated carbocycles. The Morgan fingerprint density at radius 2 is 1.76 bits per heavy atom. The molecular formula is C13H11N3O. The van der Waals surface area contributed by atoms with Crippen LogP contribution in [0.4, 0.5) is 11.6 Å². The fraction of sp³-hybridized carbons (Fsp3) is 0. The van der Waals surface area contributed by atoms with Gasteiger partial charge in [-0.05, 0) is 5.56 Å². The number of anilines is 2. The van der Waals surface area contributed by atoms with E-state index < -0.39 is 0 Å². The van der Waals surface area contributed by atoms with Gasteiger partial charge in [0.1, 0.15) is 5.69 Å². The molecule has 0 aliphatic heterocycles. The van der Waals surface area contributed by atoms with Gasteiger partial charge in [-0.15, -0.1) is 0 Å². The molecule has 0 aliphatic rings. The van der Waals surface area contributed by atoms with Crippen LogP contribution in [-0.4, -0.2) is 4.98 Å². The Kier molecular flexibility index (Phi) is 2.01. The molecule has 0 radical (unpaired) electrons. The van der Waals surface area contributed by atoms with Gasteiger partial charge in [0.05, 0.1) is 11.6 Å². The molecule has 4 nitrogen and oxygen atoms in total. The van der Waals surface area contributed by atoms with Crippen LogP contribution in [0.5, 0.6) is 0 Å². The zero-order valence-corrected chi connectivity index (χ0v) is 9.05. The van der Waals surface area contributed by atoms with Crippen LogP contribution in [0.1, 0.15) is 0 Å². The molecule has 4 heteroatoms. The number of pyridine rings is 1. The van der Waals surface area contributed by atoms with Gasteiger partial charge < -0.3 is 15.9 Å². The second kappa shape index (κ2) is 3.52. The maximum atomic E-state index is 5.93. The summed E-state index contributed by atoms with van der Waals surface area (Å²) in [5.41, 5.74) is 14.7. The van der Waals surface area contributed by atoms with Crippen LogP contribution >= 0.6 is 0 Å². The molecule has 0 aliphatic carbocycles.